The first-order valence-corrected chi connectivity index (χ1v) is 11.5. The molecule has 0 fully saturated rings. The second-order valence-corrected chi connectivity index (χ2v) is 9.06. The zero-order valence-electron chi connectivity index (χ0n) is 17.9. The van der Waals surface area contributed by atoms with Gasteiger partial charge in [0.1, 0.15) is 0 Å². The van der Waals surface area contributed by atoms with E-state index >= 15 is 0 Å². The highest BCUT2D eigenvalue weighted by atomic mass is 32.2. The van der Waals surface area contributed by atoms with Gasteiger partial charge in [0, 0.05) is 44.1 Å². The molecule has 0 radical (unpaired) electrons. The summed E-state index contributed by atoms with van der Waals surface area (Å²) in [5.41, 5.74) is 3.07. The highest BCUT2D eigenvalue weighted by Gasteiger charge is 2.18. The number of hydrogen-bond acceptors (Lipinski definition) is 4. The minimum Gasteiger partial charge on any atom is -0.378 e. The van der Waals surface area contributed by atoms with Crippen molar-refractivity contribution in [2.45, 2.75) is 18.4 Å². The molecular weight excluding hydrogens is 410 g/mol. The fourth-order valence-electron chi connectivity index (χ4n) is 3.13. The van der Waals surface area contributed by atoms with Gasteiger partial charge >= 0.3 is 0 Å². The van der Waals surface area contributed by atoms with Gasteiger partial charge in [0.25, 0.3) is 15.9 Å². The second-order valence-electron chi connectivity index (χ2n) is 7.38. The molecule has 0 saturated carbocycles. The molecule has 1 amide bonds. The molecule has 0 saturated heterocycles. The van der Waals surface area contributed by atoms with E-state index in [0.29, 0.717) is 24.3 Å². The zero-order chi connectivity index (χ0) is 22.4. The summed E-state index contributed by atoms with van der Waals surface area (Å²) in [5.74, 6) is -0.140. The molecule has 3 rings (SSSR count). The van der Waals surface area contributed by atoms with Crippen LogP contribution in [-0.2, 0) is 16.6 Å². The number of hydrogen-bond donors (Lipinski definition) is 1. The standard InChI is InChI=1S/C24H27N3O3S/c1-4-27(18-19-10-14-22(15-11-19)26(2)3)24(28)20-12-16-23(17-13-20)31(29,30)25-21-8-6-5-7-9-21/h5-17,25H,4,18H2,1-3H3. The van der Waals surface area contributed by atoms with Crippen LogP contribution in [0.25, 0.3) is 0 Å². The van der Waals surface area contributed by atoms with Crippen molar-refractivity contribution >= 4 is 27.3 Å². The Bertz CT molecular complexity index is 1110. The molecule has 3 aromatic carbocycles. The second kappa shape index (κ2) is 9.66. The van der Waals surface area contributed by atoms with E-state index in [-0.39, 0.29) is 10.8 Å². The number of nitrogens with one attached hydrogen (secondary N) is 1. The monoisotopic (exact) mass is 437 g/mol. The number of nitrogens with zero attached hydrogens (tertiary/aromatic N) is 2. The Morgan fingerprint density at radius 2 is 1.48 bits per heavy atom. The van der Waals surface area contributed by atoms with Crippen molar-refractivity contribution in [3.8, 4) is 0 Å². The Labute approximate surface area is 184 Å². The smallest absolute Gasteiger partial charge is 0.261 e. The van der Waals surface area contributed by atoms with E-state index in [1.165, 1.54) is 12.1 Å². The molecule has 0 aliphatic rings. The van der Waals surface area contributed by atoms with Crippen LogP contribution in [0.2, 0.25) is 0 Å². The lowest BCUT2D eigenvalue weighted by Gasteiger charge is -2.22. The normalized spacial score (nSPS) is 11.1. The molecule has 7 heteroatoms. The van der Waals surface area contributed by atoms with Crippen LogP contribution in [0, 0.1) is 0 Å². The van der Waals surface area contributed by atoms with Crippen LogP contribution in [0.3, 0.4) is 0 Å². The van der Waals surface area contributed by atoms with Gasteiger partial charge in [0.2, 0.25) is 0 Å². The molecule has 0 aliphatic carbocycles. The first kappa shape index (κ1) is 22.4. The molecule has 31 heavy (non-hydrogen) atoms. The van der Waals surface area contributed by atoms with Crippen molar-refractivity contribution in [1.82, 2.24) is 4.90 Å². The summed E-state index contributed by atoms with van der Waals surface area (Å²) in [6, 6.07) is 22.8. The fraction of sp³-hybridized carbons (Fsp3) is 0.208. The largest absolute Gasteiger partial charge is 0.378 e. The van der Waals surface area contributed by atoms with Gasteiger partial charge < -0.3 is 9.80 Å². The van der Waals surface area contributed by atoms with Crippen LogP contribution >= 0.6 is 0 Å². The number of para-hydroxylation sites is 1. The maximum absolute atomic E-state index is 13.0. The maximum atomic E-state index is 13.0. The van der Waals surface area contributed by atoms with Gasteiger partial charge in [-0.05, 0) is 61.0 Å². The lowest BCUT2D eigenvalue weighted by molar-refractivity contribution is 0.0752. The van der Waals surface area contributed by atoms with E-state index in [0.717, 1.165) is 11.3 Å². The summed E-state index contributed by atoms with van der Waals surface area (Å²) in [7, 11) is 0.244. The molecule has 0 bridgehead atoms. The third-order valence-corrected chi connectivity index (χ3v) is 6.33. The van der Waals surface area contributed by atoms with E-state index in [4.69, 9.17) is 0 Å². The van der Waals surface area contributed by atoms with Crippen LogP contribution < -0.4 is 9.62 Å². The quantitative estimate of drug-likeness (QED) is 0.573. The van der Waals surface area contributed by atoms with E-state index in [2.05, 4.69) is 4.72 Å². The molecule has 6 nitrogen and oxygen atoms in total. The molecular formula is C24H27N3O3S. The number of benzene rings is 3. The molecule has 3 aromatic rings. The van der Waals surface area contributed by atoms with Gasteiger partial charge in [-0.25, -0.2) is 8.42 Å². The Hall–Kier alpha value is -3.32. The first-order chi connectivity index (χ1) is 14.8. The SMILES string of the molecule is CCN(Cc1ccc(N(C)C)cc1)C(=O)c1ccc(S(=O)(=O)Nc2ccccc2)cc1. The third-order valence-electron chi connectivity index (χ3n) is 4.93. The average Bonchev–Trinajstić information content (AvgIpc) is 2.78. The summed E-state index contributed by atoms with van der Waals surface area (Å²) in [4.78, 5) is 16.8. The van der Waals surface area contributed by atoms with E-state index < -0.39 is 10.0 Å². The Balaban J connectivity index is 1.72. The van der Waals surface area contributed by atoms with Crippen molar-refractivity contribution in [2.75, 3.05) is 30.3 Å². The van der Waals surface area contributed by atoms with Crippen LogP contribution in [0.5, 0.6) is 0 Å². The molecule has 0 aliphatic heterocycles. The van der Waals surface area contributed by atoms with E-state index in [9.17, 15) is 13.2 Å². The van der Waals surface area contributed by atoms with Gasteiger partial charge in [-0.1, -0.05) is 30.3 Å². The Morgan fingerprint density at radius 3 is 2.03 bits per heavy atom. The van der Waals surface area contributed by atoms with Gasteiger partial charge in [-0.2, -0.15) is 0 Å². The Kier molecular flexibility index (Phi) is 6.97. The predicted molar refractivity (Wildman–Crippen MR) is 125 cm³/mol. The number of sulfonamides is 1. The summed E-state index contributed by atoms with van der Waals surface area (Å²) >= 11 is 0. The summed E-state index contributed by atoms with van der Waals surface area (Å²) in [6.45, 7) is 2.96. The molecule has 0 atom stereocenters. The van der Waals surface area contributed by atoms with Crippen molar-refractivity contribution in [2.24, 2.45) is 0 Å². The van der Waals surface area contributed by atoms with Crippen LogP contribution in [0.15, 0.2) is 83.8 Å². The zero-order valence-corrected chi connectivity index (χ0v) is 18.8. The number of rotatable bonds is 8. The van der Waals surface area contributed by atoms with E-state index in [1.807, 2.05) is 56.3 Å². The van der Waals surface area contributed by atoms with Crippen molar-refractivity contribution in [3.05, 3.63) is 90.0 Å². The summed E-state index contributed by atoms with van der Waals surface area (Å²) < 4.78 is 27.7. The summed E-state index contributed by atoms with van der Waals surface area (Å²) in [5, 5.41) is 0. The third kappa shape index (κ3) is 5.64. The molecule has 162 valence electrons. The lowest BCUT2D eigenvalue weighted by atomic mass is 10.1. The van der Waals surface area contributed by atoms with E-state index in [1.54, 1.807) is 41.3 Å². The van der Waals surface area contributed by atoms with Gasteiger partial charge in [-0.15, -0.1) is 0 Å². The maximum Gasteiger partial charge on any atom is 0.261 e. The van der Waals surface area contributed by atoms with Crippen LogP contribution in [0.4, 0.5) is 11.4 Å². The molecule has 0 spiro atoms. The van der Waals surface area contributed by atoms with Crippen molar-refractivity contribution < 1.29 is 13.2 Å². The molecule has 0 aromatic heterocycles. The highest BCUT2D eigenvalue weighted by Crippen LogP contribution is 2.18. The van der Waals surface area contributed by atoms with Crippen LogP contribution in [-0.4, -0.2) is 39.9 Å². The molecule has 0 unspecified atom stereocenters. The lowest BCUT2D eigenvalue weighted by Crippen LogP contribution is -2.30. The number of carbonyl (C=O) groups excluding carboxylic acids is 1. The van der Waals surface area contributed by atoms with Gasteiger partial charge in [-0.3, -0.25) is 9.52 Å². The molecule has 0 heterocycles. The molecule has 1 N–H and O–H groups in total. The minimum absolute atomic E-state index is 0.107. The Morgan fingerprint density at radius 1 is 0.871 bits per heavy atom. The summed E-state index contributed by atoms with van der Waals surface area (Å²) in [6.07, 6.45) is 0. The van der Waals surface area contributed by atoms with Crippen molar-refractivity contribution in [1.29, 1.82) is 0 Å². The first-order valence-electron chi connectivity index (χ1n) is 10.0. The number of carbonyl (C=O) groups is 1. The van der Waals surface area contributed by atoms with Crippen LogP contribution in [0.1, 0.15) is 22.8 Å². The number of anilines is 2. The number of amides is 1. The minimum atomic E-state index is -3.72. The van der Waals surface area contributed by atoms with Gasteiger partial charge in [0.15, 0.2) is 0 Å². The average molecular weight is 438 g/mol. The highest BCUT2D eigenvalue weighted by molar-refractivity contribution is 7.92. The topological polar surface area (TPSA) is 69.7 Å². The fourth-order valence-corrected chi connectivity index (χ4v) is 4.19. The predicted octanol–water partition coefficient (Wildman–Crippen LogP) is 4.22. The van der Waals surface area contributed by atoms with Gasteiger partial charge in [0.05, 0.1) is 4.90 Å². The van der Waals surface area contributed by atoms with Crippen molar-refractivity contribution in [3.63, 3.8) is 0 Å².